The Kier molecular flexibility index (Phi) is 5.34. The summed E-state index contributed by atoms with van der Waals surface area (Å²) in [5, 5.41) is 1.78. The predicted molar refractivity (Wildman–Crippen MR) is 97.0 cm³/mol. The summed E-state index contributed by atoms with van der Waals surface area (Å²) in [7, 11) is 0. The third-order valence-electron chi connectivity index (χ3n) is 3.36. The van der Waals surface area contributed by atoms with Gasteiger partial charge in [0.2, 0.25) is 5.91 Å². The van der Waals surface area contributed by atoms with Crippen LogP contribution >= 0.6 is 23.4 Å². The number of nitrogens with zero attached hydrogens (tertiary/aromatic N) is 2. The molecule has 0 bridgehead atoms. The average Bonchev–Trinajstić information content (AvgIpc) is 2.86. The number of halogens is 2. The number of hydrogen-bond acceptors (Lipinski definition) is 5. The SMILES string of the molecule is O=C(CN1C(=O)S/C(=C/c2cccnc2)C1=O)Nc1ccc(F)c(Cl)c1. The number of rotatable bonds is 4. The van der Waals surface area contributed by atoms with Gasteiger partial charge in [-0.15, -0.1) is 0 Å². The van der Waals surface area contributed by atoms with Gasteiger partial charge in [-0.25, -0.2) is 4.39 Å². The molecule has 0 radical (unpaired) electrons. The Morgan fingerprint density at radius 2 is 2.15 bits per heavy atom. The summed E-state index contributed by atoms with van der Waals surface area (Å²) in [4.78, 5) is 41.5. The zero-order chi connectivity index (χ0) is 18.7. The highest BCUT2D eigenvalue weighted by Gasteiger charge is 2.36. The molecule has 0 saturated carbocycles. The molecule has 0 spiro atoms. The standard InChI is InChI=1S/C17H11ClFN3O3S/c18-12-7-11(3-4-13(12)19)21-15(23)9-22-16(24)14(26-17(22)25)6-10-2-1-5-20-8-10/h1-8H,9H2,(H,21,23)/b14-6+. The molecule has 1 aromatic heterocycles. The van der Waals surface area contributed by atoms with Gasteiger partial charge in [-0.1, -0.05) is 17.7 Å². The van der Waals surface area contributed by atoms with E-state index in [0.717, 1.165) is 22.7 Å². The van der Waals surface area contributed by atoms with E-state index in [4.69, 9.17) is 11.6 Å². The summed E-state index contributed by atoms with van der Waals surface area (Å²) in [5.74, 6) is -1.77. The van der Waals surface area contributed by atoms with Crippen LogP contribution in [0.3, 0.4) is 0 Å². The van der Waals surface area contributed by atoms with Gasteiger partial charge < -0.3 is 5.32 Å². The Bertz CT molecular complexity index is 921. The summed E-state index contributed by atoms with van der Waals surface area (Å²) in [6.07, 6.45) is 4.68. The van der Waals surface area contributed by atoms with Crippen molar-refractivity contribution in [3.8, 4) is 0 Å². The highest BCUT2D eigenvalue weighted by Crippen LogP contribution is 2.32. The van der Waals surface area contributed by atoms with Crippen molar-refractivity contribution in [2.75, 3.05) is 11.9 Å². The van der Waals surface area contributed by atoms with E-state index in [1.807, 2.05) is 0 Å². The van der Waals surface area contributed by atoms with Gasteiger partial charge in [-0.05, 0) is 47.7 Å². The van der Waals surface area contributed by atoms with Crippen molar-refractivity contribution in [2.24, 2.45) is 0 Å². The summed E-state index contributed by atoms with van der Waals surface area (Å²) in [6.45, 7) is -0.454. The number of pyridine rings is 1. The maximum Gasteiger partial charge on any atom is 0.294 e. The first-order valence-corrected chi connectivity index (χ1v) is 8.54. The molecule has 6 nitrogen and oxygen atoms in total. The molecule has 2 heterocycles. The predicted octanol–water partition coefficient (Wildman–Crippen LogP) is 3.55. The van der Waals surface area contributed by atoms with Gasteiger partial charge in [-0.3, -0.25) is 24.3 Å². The van der Waals surface area contributed by atoms with Crippen molar-refractivity contribution < 1.29 is 18.8 Å². The van der Waals surface area contributed by atoms with E-state index in [2.05, 4.69) is 10.3 Å². The van der Waals surface area contributed by atoms with E-state index in [1.54, 1.807) is 24.5 Å². The first-order chi connectivity index (χ1) is 12.4. The molecule has 0 unspecified atom stereocenters. The molecule has 0 aliphatic carbocycles. The van der Waals surface area contributed by atoms with Crippen LogP contribution in [-0.4, -0.2) is 33.5 Å². The second-order valence-corrected chi connectivity index (χ2v) is 6.63. The molecule has 26 heavy (non-hydrogen) atoms. The summed E-state index contributed by atoms with van der Waals surface area (Å²) < 4.78 is 13.1. The molecule has 1 aromatic carbocycles. The topological polar surface area (TPSA) is 79.4 Å². The van der Waals surface area contributed by atoms with E-state index < -0.39 is 29.4 Å². The monoisotopic (exact) mass is 391 g/mol. The number of carbonyl (C=O) groups excluding carboxylic acids is 3. The van der Waals surface area contributed by atoms with Gasteiger partial charge in [0.05, 0.1) is 9.93 Å². The lowest BCUT2D eigenvalue weighted by molar-refractivity contribution is -0.127. The second kappa shape index (κ2) is 7.67. The number of thioether (sulfide) groups is 1. The van der Waals surface area contributed by atoms with E-state index in [-0.39, 0.29) is 15.6 Å². The van der Waals surface area contributed by atoms with Crippen LogP contribution < -0.4 is 5.32 Å². The molecule has 2 aromatic rings. The van der Waals surface area contributed by atoms with Crippen LogP contribution in [0, 0.1) is 5.82 Å². The number of benzene rings is 1. The summed E-state index contributed by atoms with van der Waals surface area (Å²) in [5.41, 5.74) is 0.933. The zero-order valence-electron chi connectivity index (χ0n) is 13.1. The number of aromatic nitrogens is 1. The first kappa shape index (κ1) is 18.1. The summed E-state index contributed by atoms with van der Waals surface area (Å²) >= 11 is 6.40. The highest BCUT2D eigenvalue weighted by atomic mass is 35.5. The quantitative estimate of drug-likeness (QED) is 0.806. The van der Waals surface area contributed by atoms with Crippen molar-refractivity contribution in [1.82, 2.24) is 9.88 Å². The van der Waals surface area contributed by atoms with Gasteiger partial charge in [0.25, 0.3) is 11.1 Å². The van der Waals surface area contributed by atoms with Crippen molar-refractivity contribution >= 4 is 52.2 Å². The van der Waals surface area contributed by atoms with Gasteiger partial charge in [-0.2, -0.15) is 0 Å². The molecule has 9 heteroatoms. The van der Waals surface area contributed by atoms with Crippen molar-refractivity contribution in [2.45, 2.75) is 0 Å². The van der Waals surface area contributed by atoms with Crippen molar-refractivity contribution in [1.29, 1.82) is 0 Å². The first-order valence-electron chi connectivity index (χ1n) is 7.34. The third-order valence-corrected chi connectivity index (χ3v) is 4.56. The van der Waals surface area contributed by atoms with Crippen LogP contribution in [0.2, 0.25) is 5.02 Å². The van der Waals surface area contributed by atoms with Crippen LogP contribution in [0.4, 0.5) is 14.9 Å². The maximum atomic E-state index is 13.1. The number of carbonyl (C=O) groups is 3. The highest BCUT2D eigenvalue weighted by molar-refractivity contribution is 8.18. The fourth-order valence-electron chi connectivity index (χ4n) is 2.17. The third kappa shape index (κ3) is 4.09. The lowest BCUT2D eigenvalue weighted by atomic mass is 10.2. The van der Waals surface area contributed by atoms with Crippen LogP contribution in [-0.2, 0) is 9.59 Å². The molecule has 1 fully saturated rings. The fraction of sp³-hybridized carbons (Fsp3) is 0.0588. The van der Waals surface area contributed by atoms with Gasteiger partial charge in [0, 0.05) is 18.1 Å². The van der Waals surface area contributed by atoms with Gasteiger partial charge in [0.15, 0.2) is 0 Å². The number of anilines is 1. The molecule has 3 rings (SSSR count). The fourth-order valence-corrected chi connectivity index (χ4v) is 3.19. The Balaban J connectivity index is 1.68. The second-order valence-electron chi connectivity index (χ2n) is 5.23. The smallest absolute Gasteiger partial charge is 0.294 e. The minimum absolute atomic E-state index is 0.145. The largest absolute Gasteiger partial charge is 0.324 e. The zero-order valence-corrected chi connectivity index (χ0v) is 14.7. The van der Waals surface area contributed by atoms with Crippen LogP contribution in [0.1, 0.15) is 5.56 Å². The maximum absolute atomic E-state index is 13.1. The molecule has 1 aliphatic heterocycles. The molecular weight excluding hydrogens is 381 g/mol. The van der Waals surface area contributed by atoms with E-state index in [9.17, 15) is 18.8 Å². The van der Waals surface area contributed by atoms with E-state index in [1.165, 1.54) is 18.2 Å². The molecule has 0 atom stereocenters. The molecule has 1 aliphatic rings. The summed E-state index contributed by atoms with van der Waals surface area (Å²) in [6, 6.07) is 7.12. The number of amides is 3. The van der Waals surface area contributed by atoms with E-state index in [0.29, 0.717) is 5.56 Å². The lowest BCUT2D eigenvalue weighted by Crippen LogP contribution is -2.36. The normalized spacial score (nSPS) is 15.6. The Morgan fingerprint density at radius 1 is 1.35 bits per heavy atom. The van der Waals surface area contributed by atoms with Gasteiger partial charge in [0.1, 0.15) is 12.4 Å². The minimum Gasteiger partial charge on any atom is -0.324 e. The Morgan fingerprint density at radius 3 is 2.85 bits per heavy atom. The average molecular weight is 392 g/mol. The number of hydrogen-bond donors (Lipinski definition) is 1. The molecule has 3 amide bonds. The molecule has 1 N–H and O–H groups in total. The molecule has 1 saturated heterocycles. The Hall–Kier alpha value is -2.71. The van der Waals surface area contributed by atoms with Crippen molar-refractivity contribution in [3.05, 3.63) is 64.0 Å². The van der Waals surface area contributed by atoms with E-state index >= 15 is 0 Å². The van der Waals surface area contributed by atoms with Crippen molar-refractivity contribution in [3.63, 3.8) is 0 Å². The number of imide groups is 1. The molecular formula is C17H11ClFN3O3S. The van der Waals surface area contributed by atoms with Crippen LogP contribution in [0.5, 0.6) is 0 Å². The number of nitrogens with one attached hydrogen (secondary N) is 1. The van der Waals surface area contributed by atoms with Crippen LogP contribution in [0.25, 0.3) is 6.08 Å². The minimum atomic E-state index is -0.615. The Labute approximate surface area is 157 Å². The van der Waals surface area contributed by atoms with Crippen LogP contribution in [0.15, 0.2) is 47.6 Å². The lowest BCUT2D eigenvalue weighted by Gasteiger charge is -2.12. The molecule has 132 valence electrons. The van der Waals surface area contributed by atoms with Gasteiger partial charge >= 0.3 is 0 Å².